The maximum Gasteiger partial charge on any atom is 0.0900 e. The maximum absolute atomic E-state index is 6.38. The van der Waals surface area contributed by atoms with Crippen LogP contribution in [0.15, 0.2) is 67.3 Å². The average molecular weight is 480 g/mol. The number of methoxy groups -OCH3 is 1. The van der Waals surface area contributed by atoms with Gasteiger partial charge in [-0.1, -0.05) is 31.0 Å². The first-order chi connectivity index (χ1) is 17.7. The van der Waals surface area contributed by atoms with Crippen molar-refractivity contribution >= 4 is 11.0 Å². The number of hydrogen-bond acceptors (Lipinski definition) is 6. The summed E-state index contributed by atoms with van der Waals surface area (Å²) in [6.45, 7) is 0.559. The summed E-state index contributed by atoms with van der Waals surface area (Å²) in [4.78, 5) is 9.63. The highest BCUT2D eigenvalue weighted by Crippen LogP contribution is 2.32. The Bertz CT molecular complexity index is 1500. The molecule has 1 aromatic carbocycles. The third-order valence-corrected chi connectivity index (χ3v) is 7.04. The van der Waals surface area contributed by atoms with Crippen LogP contribution in [0, 0.1) is 0 Å². The van der Waals surface area contributed by atoms with E-state index in [4.69, 9.17) is 15.5 Å². The smallest absolute Gasteiger partial charge is 0.0900 e. The number of ether oxygens (including phenoxy) is 1. The van der Waals surface area contributed by atoms with Gasteiger partial charge in [0.15, 0.2) is 0 Å². The zero-order chi connectivity index (χ0) is 24.5. The number of benzene rings is 1. The van der Waals surface area contributed by atoms with E-state index in [-0.39, 0.29) is 12.1 Å². The number of aromatic nitrogens is 6. The number of nitrogens with one attached hydrogen (secondary N) is 1. The van der Waals surface area contributed by atoms with Crippen LogP contribution in [0.5, 0.6) is 0 Å². The molecule has 0 saturated heterocycles. The van der Waals surface area contributed by atoms with Crippen LogP contribution in [0.25, 0.3) is 44.7 Å². The molecule has 0 aliphatic heterocycles. The number of H-pyrrole nitrogens is 1. The van der Waals surface area contributed by atoms with E-state index >= 15 is 0 Å². The lowest BCUT2D eigenvalue weighted by Crippen LogP contribution is -2.35. The minimum Gasteiger partial charge on any atom is -0.380 e. The summed E-state index contributed by atoms with van der Waals surface area (Å²) < 4.78 is 7.33. The normalized spacial score (nSPS) is 18.1. The second-order valence-electron chi connectivity index (χ2n) is 9.48. The quantitative estimate of drug-likeness (QED) is 0.349. The van der Waals surface area contributed by atoms with E-state index in [9.17, 15) is 0 Å². The first-order valence-electron chi connectivity index (χ1n) is 12.4. The molecule has 4 aromatic heterocycles. The first-order valence-corrected chi connectivity index (χ1v) is 12.4. The Morgan fingerprint density at radius 2 is 1.92 bits per heavy atom. The van der Waals surface area contributed by atoms with Crippen molar-refractivity contribution in [3.8, 4) is 33.6 Å². The van der Waals surface area contributed by atoms with Gasteiger partial charge in [0.25, 0.3) is 0 Å². The van der Waals surface area contributed by atoms with Gasteiger partial charge >= 0.3 is 0 Å². The Morgan fingerprint density at radius 3 is 2.81 bits per heavy atom. The molecule has 0 spiro atoms. The molecule has 2 atom stereocenters. The molecule has 6 rings (SSSR count). The van der Waals surface area contributed by atoms with E-state index in [1.54, 1.807) is 7.11 Å². The second-order valence-corrected chi connectivity index (χ2v) is 9.48. The van der Waals surface area contributed by atoms with Crippen LogP contribution in [0.3, 0.4) is 0 Å². The van der Waals surface area contributed by atoms with Crippen molar-refractivity contribution in [2.45, 2.75) is 44.4 Å². The van der Waals surface area contributed by atoms with E-state index in [2.05, 4.69) is 50.7 Å². The number of hydrogen-bond donors (Lipinski definition) is 2. The number of rotatable bonds is 6. The third-order valence-electron chi connectivity index (χ3n) is 7.04. The van der Waals surface area contributed by atoms with E-state index in [1.165, 1.54) is 12.8 Å². The lowest BCUT2D eigenvalue weighted by atomic mass is 9.91. The third kappa shape index (κ3) is 4.29. The molecular formula is C28H29N7O. The predicted molar refractivity (Wildman–Crippen MR) is 140 cm³/mol. The summed E-state index contributed by atoms with van der Waals surface area (Å²) in [5.74, 6) is 0. The van der Waals surface area contributed by atoms with Crippen molar-refractivity contribution in [3.05, 3.63) is 72.8 Å². The van der Waals surface area contributed by atoms with Gasteiger partial charge in [0.1, 0.15) is 0 Å². The van der Waals surface area contributed by atoms with Crippen LogP contribution in [-0.2, 0) is 11.3 Å². The molecular weight excluding hydrogens is 450 g/mol. The van der Waals surface area contributed by atoms with Crippen LogP contribution in [-0.4, -0.2) is 43.1 Å². The summed E-state index contributed by atoms with van der Waals surface area (Å²) in [6.07, 6.45) is 12.2. The van der Waals surface area contributed by atoms with Gasteiger partial charge in [0.05, 0.1) is 47.5 Å². The van der Waals surface area contributed by atoms with Crippen LogP contribution in [0.1, 0.15) is 37.3 Å². The molecule has 8 heteroatoms. The SMILES string of the molecule is COCc1cccc(-c2[nH]ncc2-c2ccc3ncc(-c4cnn([C@H]5CCCC[C@H]5N)c4)cc3n2)c1. The second kappa shape index (κ2) is 9.64. The standard InChI is InChI=1S/C28H29N7O/c1-36-17-18-5-4-6-19(11-18)28-22(15-31-34-28)24-9-10-25-26(33-24)12-20(13-30-25)21-14-32-35(16-21)27-8-3-2-7-23(27)29/h4-6,9-16,23,27H,2-3,7-8,17,29H2,1H3,(H,31,34)/t23-,27+/m1/s1. The van der Waals surface area contributed by atoms with Crippen molar-refractivity contribution in [1.29, 1.82) is 0 Å². The highest BCUT2D eigenvalue weighted by molar-refractivity contribution is 5.85. The fourth-order valence-corrected chi connectivity index (χ4v) is 5.14. The molecule has 5 aromatic rings. The summed E-state index contributed by atoms with van der Waals surface area (Å²) in [5, 5.41) is 12.1. The van der Waals surface area contributed by atoms with Crippen LogP contribution in [0.4, 0.5) is 0 Å². The molecule has 1 aliphatic rings. The fraction of sp³-hybridized carbons (Fsp3) is 0.286. The molecule has 36 heavy (non-hydrogen) atoms. The monoisotopic (exact) mass is 479 g/mol. The van der Waals surface area contributed by atoms with Gasteiger partial charge in [-0.25, -0.2) is 4.98 Å². The average Bonchev–Trinajstić information content (AvgIpc) is 3.59. The van der Waals surface area contributed by atoms with Gasteiger partial charge in [-0.15, -0.1) is 0 Å². The van der Waals surface area contributed by atoms with Crippen molar-refractivity contribution < 1.29 is 4.74 Å². The lowest BCUT2D eigenvalue weighted by molar-refractivity contribution is 0.185. The molecule has 0 radical (unpaired) electrons. The highest BCUT2D eigenvalue weighted by Gasteiger charge is 2.24. The number of nitrogens with zero attached hydrogens (tertiary/aromatic N) is 5. The van der Waals surface area contributed by atoms with Gasteiger partial charge in [-0.05, 0) is 42.7 Å². The summed E-state index contributed by atoms with van der Waals surface area (Å²) in [7, 11) is 1.70. The Labute approximate surface area is 209 Å². The number of pyridine rings is 2. The van der Waals surface area contributed by atoms with Crippen molar-refractivity contribution in [2.75, 3.05) is 7.11 Å². The van der Waals surface area contributed by atoms with Gasteiger partial charge in [0.2, 0.25) is 0 Å². The van der Waals surface area contributed by atoms with Crippen molar-refractivity contribution in [1.82, 2.24) is 29.9 Å². The Hall–Kier alpha value is -3.88. The van der Waals surface area contributed by atoms with Gasteiger partial charge in [-0.3, -0.25) is 14.8 Å². The molecule has 8 nitrogen and oxygen atoms in total. The zero-order valence-corrected chi connectivity index (χ0v) is 20.3. The predicted octanol–water partition coefficient (Wildman–Crippen LogP) is 5.14. The molecule has 182 valence electrons. The van der Waals surface area contributed by atoms with Crippen molar-refractivity contribution in [3.63, 3.8) is 0 Å². The number of aromatic amines is 1. The molecule has 4 heterocycles. The highest BCUT2D eigenvalue weighted by atomic mass is 16.5. The Balaban J connectivity index is 1.33. The molecule has 0 bridgehead atoms. The number of fused-ring (bicyclic) bond motifs is 1. The molecule has 1 saturated carbocycles. The van der Waals surface area contributed by atoms with E-state index in [1.807, 2.05) is 41.5 Å². The van der Waals surface area contributed by atoms with Gasteiger partial charge in [-0.2, -0.15) is 10.2 Å². The van der Waals surface area contributed by atoms with Gasteiger partial charge in [0, 0.05) is 47.8 Å². The summed E-state index contributed by atoms with van der Waals surface area (Å²) in [5.41, 5.74) is 14.9. The summed E-state index contributed by atoms with van der Waals surface area (Å²) >= 11 is 0. The topological polar surface area (TPSA) is 108 Å². The Kier molecular flexibility index (Phi) is 6.04. The van der Waals surface area contributed by atoms with Crippen LogP contribution < -0.4 is 5.73 Å². The molecule has 1 fully saturated rings. The minimum absolute atomic E-state index is 0.157. The van der Waals surface area contributed by atoms with E-state index in [0.29, 0.717) is 6.61 Å². The lowest BCUT2D eigenvalue weighted by Gasteiger charge is -2.28. The Morgan fingerprint density at radius 1 is 1.00 bits per heavy atom. The van der Waals surface area contributed by atoms with Crippen molar-refractivity contribution in [2.24, 2.45) is 5.73 Å². The molecule has 3 N–H and O–H groups in total. The number of nitrogens with two attached hydrogens (primary N) is 1. The zero-order valence-electron chi connectivity index (χ0n) is 20.3. The van der Waals surface area contributed by atoms with E-state index < -0.39 is 0 Å². The fourth-order valence-electron chi connectivity index (χ4n) is 5.14. The summed E-state index contributed by atoms with van der Waals surface area (Å²) in [6, 6.07) is 14.7. The molecule has 0 amide bonds. The van der Waals surface area contributed by atoms with Crippen LogP contribution in [0.2, 0.25) is 0 Å². The van der Waals surface area contributed by atoms with E-state index in [0.717, 1.165) is 63.1 Å². The molecule has 0 unspecified atom stereocenters. The largest absolute Gasteiger partial charge is 0.380 e. The van der Waals surface area contributed by atoms with Crippen LogP contribution >= 0.6 is 0 Å². The molecule has 1 aliphatic carbocycles. The minimum atomic E-state index is 0.157. The first kappa shape index (κ1) is 22.6. The van der Waals surface area contributed by atoms with Gasteiger partial charge < -0.3 is 10.5 Å². The maximum atomic E-state index is 6.38.